The fourth-order valence-electron chi connectivity index (χ4n) is 3.33. The molecule has 156 valence electrons. The quantitative estimate of drug-likeness (QED) is 0.553. The standard InChI is InChI=1S/C21H33N3O3S/c1-19-9-5-7-16-24(19)17-8-6-14-22-21(25)12-15-23-28(26,27)18-13-20-10-3-2-4-11-20/h2-4,10-11,13,18-19,23H,5-9,12,14-17H2,1H3,(H,22,25)/b18-13+. The van der Waals surface area contributed by atoms with Crippen molar-refractivity contribution in [2.45, 2.75) is 51.5 Å². The van der Waals surface area contributed by atoms with Crippen molar-refractivity contribution in [3.8, 4) is 0 Å². The number of amides is 1. The van der Waals surface area contributed by atoms with Crippen LogP contribution in [-0.2, 0) is 14.8 Å². The molecule has 2 rings (SSSR count). The largest absolute Gasteiger partial charge is 0.356 e. The second kappa shape index (κ2) is 12.0. The second-order valence-electron chi connectivity index (χ2n) is 7.34. The van der Waals surface area contributed by atoms with E-state index in [0.717, 1.165) is 30.4 Å². The molecule has 1 fully saturated rings. The third-order valence-electron chi connectivity index (χ3n) is 5.03. The van der Waals surface area contributed by atoms with Gasteiger partial charge in [-0.25, -0.2) is 13.1 Å². The Morgan fingerprint density at radius 3 is 2.71 bits per heavy atom. The average molecular weight is 408 g/mol. The SMILES string of the molecule is CC1CCCCN1CCCCNC(=O)CCNS(=O)(=O)/C=C/c1ccccc1. The fourth-order valence-corrected chi connectivity index (χ4v) is 4.15. The Kier molecular flexibility index (Phi) is 9.67. The van der Waals surface area contributed by atoms with Gasteiger partial charge in [0.25, 0.3) is 0 Å². The van der Waals surface area contributed by atoms with E-state index in [0.29, 0.717) is 12.6 Å². The van der Waals surface area contributed by atoms with E-state index in [4.69, 9.17) is 0 Å². The summed E-state index contributed by atoms with van der Waals surface area (Å²) in [5.41, 5.74) is 0.810. The smallest absolute Gasteiger partial charge is 0.233 e. The molecule has 7 heteroatoms. The number of nitrogens with zero attached hydrogens (tertiary/aromatic N) is 1. The number of nitrogens with one attached hydrogen (secondary N) is 2. The summed E-state index contributed by atoms with van der Waals surface area (Å²) in [6.45, 7) is 5.30. The highest BCUT2D eigenvalue weighted by atomic mass is 32.2. The monoisotopic (exact) mass is 407 g/mol. The molecule has 2 N–H and O–H groups in total. The average Bonchev–Trinajstić information content (AvgIpc) is 2.68. The Morgan fingerprint density at radius 2 is 1.96 bits per heavy atom. The van der Waals surface area contributed by atoms with Crippen molar-refractivity contribution in [3.05, 3.63) is 41.3 Å². The number of piperidine rings is 1. The van der Waals surface area contributed by atoms with Gasteiger partial charge in [0.15, 0.2) is 0 Å². The predicted molar refractivity (Wildman–Crippen MR) is 114 cm³/mol. The molecule has 0 saturated carbocycles. The molecule has 1 heterocycles. The van der Waals surface area contributed by atoms with E-state index in [9.17, 15) is 13.2 Å². The van der Waals surface area contributed by atoms with Crippen LogP contribution in [0.15, 0.2) is 35.7 Å². The highest BCUT2D eigenvalue weighted by Gasteiger charge is 2.17. The third-order valence-corrected chi connectivity index (χ3v) is 6.13. The van der Waals surface area contributed by atoms with Crippen molar-refractivity contribution in [3.63, 3.8) is 0 Å². The number of sulfonamides is 1. The van der Waals surface area contributed by atoms with Crippen LogP contribution in [-0.4, -0.2) is 51.4 Å². The topological polar surface area (TPSA) is 78.5 Å². The molecule has 0 aromatic heterocycles. The van der Waals surface area contributed by atoms with E-state index in [1.54, 1.807) is 0 Å². The predicted octanol–water partition coefficient (Wildman–Crippen LogP) is 2.74. The molecule has 1 aliphatic heterocycles. The van der Waals surface area contributed by atoms with E-state index in [1.165, 1.54) is 31.9 Å². The minimum atomic E-state index is -3.54. The van der Waals surface area contributed by atoms with E-state index in [-0.39, 0.29) is 18.9 Å². The Bertz CT molecular complexity index is 720. The molecule has 0 radical (unpaired) electrons. The Balaban J connectivity index is 1.55. The van der Waals surface area contributed by atoms with Crippen molar-refractivity contribution < 1.29 is 13.2 Å². The summed E-state index contributed by atoms with van der Waals surface area (Å²) in [4.78, 5) is 14.4. The van der Waals surface area contributed by atoms with Crippen LogP contribution in [0.5, 0.6) is 0 Å². The summed E-state index contributed by atoms with van der Waals surface area (Å²) >= 11 is 0. The summed E-state index contributed by atoms with van der Waals surface area (Å²) in [6.07, 6.45) is 7.60. The first-order valence-corrected chi connectivity index (χ1v) is 11.7. The zero-order valence-electron chi connectivity index (χ0n) is 16.8. The number of rotatable bonds is 11. The zero-order valence-corrected chi connectivity index (χ0v) is 17.6. The van der Waals surface area contributed by atoms with Gasteiger partial charge in [0, 0.05) is 31.0 Å². The normalized spacial score (nSPS) is 18.4. The Hall–Kier alpha value is -1.70. The van der Waals surface area contributed by atoms with Gasteiger partial charge in [0.05, 0.1) is 0 Å². The van der Waals surface area contributed by atoms with Crippen LogP contribution in [0.25, 0.3) is 6.08 Å². The first-order valence-electron chi connectivity index (χ1n) is 10.2. The number of carbonyl (C=O) groups is 1. The second-order valence-corrected chi connectivity index (χ2v) is 8.99. The summed E-state index contributed by atoms with van der Waals surface area (Å²) < 4.78 is 26.3. The molecule has 0 spiro atoms. The van der Waals surface area contributed by atoms with Crippen LogP contribution in [0.1, 0.15) is 51.0 Å². The van der Waals surface area contributed by atoms with Crippen LogP contribution in [0.3, 0.4) is 0 Å². The van der Waals surface area contributed by atoms with Gasteiger partial charge in [-0.2, -0.15) is 0 Å². The fraction of sp³-hybridized carbons (Fsp3) is 0.571. The lowest BCUT2D eigenvalue weighted by molar-refractivity contribution is -0.120. The van der Waals surface area contributed by atoms with Gasteiger partial charge in [0.1, 0.15) is 0 Å². The molecule has 0 aliphatic carbocycles. The third kappa shape index (κ3) is 8.99. The zero-order chi connectivity index (χ0) is 20.2. The maximum atomic E-state index is 11.9. The first kappa shape index (κ1) is 22.6. The molecule has 1 saturated heterocycles. The van der Waals surface area contributed by atoms with Crippen molar-refractivity contribution in [1.82, 2.24) is 14.9 Å². The molecule has 1 amide bonds. The molecule has 28 heavy (non-hydrogen) atoms. The lowest BCUT2D eigenvalue weighted by atomic mass is 10.0. The summed E-state index contributed by atoms with van der Waals surface area (Å²) in [5, 5.41) is 3.99. The number of unbranched alkanes of at least 4 members (excludes halogenated alkanes) is 1. The van der Waals surface area contributed by atoms with Crippen molar-refractivity contribution in [2.24, 2.45) is 0 Å². The van der Waals surface area contributed by atoms with Crippen molar-refractivity contribution >= 4 is 22.0 Å². The lowest BCUT2D eigenvalue weighted by Crippen LogP contribution is -2.38. The first-order chi connectivity index (χ1) is 13.5. The van der Waals surface area contributed by atoms with Crippen LogP contribution in [0, 0.1) is 0 Å². The van der Waals surface area contributed by atoms with Crippen LogP contribution in [0.4, 0.5) is 0 Å². The van der Waals surface area contributed by atoms with Gasteiger partial charge in [-0.05, 0) is 57.3 Å². The summed E-state index contributed by atoms with van der Waals surface area (Å²) in [5.74, 6) is -0.124. The molecule has 1 atom stereocenters. The van der Waals surface area contributed by atoms with Gasteiger partial charge in [-0.15, -0.1) is 0 Å². The molecule has 1 aromatic carbocycles. The molecular formula is C21H33N3O3S. The molecule has 6 nitrogen and oxygen atoms in total. The van der Waals surface area contributed by atoms with E-state index in [1.807, 2.05) is 30.3 Å². The number of hydrogen-bond donors (Lipinski definition) is 2. The summed E-state index contributed by atoms with van der Waals surface area (Å²) in [7, 11) is -3.54. The Morgan fingerprint density at radius 1 is 1.18 bits per heavy atom. The van der Waals surface area contributed by atoms with Gasteiger partial charge >= 0.3 is 0 Å². The number of benzene rings is 1. The van der Waals surface area contributed by atoms with Crippen molar-refractivity contribution in [1.29, 1.82) is 0 Å². The van der Waals surface area contributed by atoms with Gasteiger partial charge < -0.3 is 10.2 Å². The maximum Gasteiger partial charge on any atom is 0.233 e. The van der Waals surface area contributed by atoms with E-state index in [2.05, 4.69) is 21.9 Å². The minimum absolute atomic E-state index is 0.0958. The lowest BCUT2D eigenvalue weighted by Gasteiger charge is -2.33. The minimum Gasteiger partial charge on any atom is -0.356 e. The molecule has 1 aromatic rings. The number of carbonyl (C=O) groups excluding carboxylic acids is 1. The molecular weight excluding hydrogens is 374 g/mol. The molecule has 1 unspecified atom stereocenters. The highest BCUT2D eigenvalue weighted by molar-refractivity contribution is 7.92. The van der Waals surface area contributed by atoms with Crippen LogP contribution in [0.2, 0.25) is 0 Å². The van der Waals surface area contributed by atoms with Gasteiger partial charge in [0.2, 0.25) is 15.9 Å². The highest BCUT2D eigenvalue weighted by Crippen LogP contribution is 2.16. The van der Waals surface area contributed by atoms with E-state index >= 15 is 0 Å². The number of likely N-dealkylation sites (tertiary alicyclic amines) is 1. The van der Waals surface area contributed by atoms with Crippen LogP contribution >= 0.6 is 0 Å². The van der Waals surface area contributed by atoms with E-state index < -0.39 is 10.0 Å². The Labute approximate surface area is 169 Å². The van der Waals surface area contributed by atoms with Crippen molar-refractivity contribution in [2.75, 3.05) is 26.2 Å². The molecule has 0 bridgehead atoms. The van der Waals surface area contributed by atoms with Gasteiger partial charge in [-0.3, -0.25) is 4.79 Å². The van der Waals surface area contributed by atoms with Gasteiger partial charge in [-0.1, -0.05) is 36.8 Å². The number of hydrogen-bond acceptors (Lipinski definition) is 4. The molecule has 1 aliphatic rings. The van der Waals surface area contributed by atoms with Crippen LogP contribution < -0.4 is 10.0 Å². The summed E-state index contributed by atoms with van der Waals surface area (Å²) in [6, 6.07) is 9.88. The maximum absolute atomic E-state index is 11.9.